The van der Waals surface area contributed by atoms with Crippen molar-refractivity contribution in [1.29, 1.82) is 0 Å². The van der Waals surface area contributed by atoms with Crippen LogP contribution in [0.1, 0.15) is 22.8 Å². The average molecular weight is 408 g/mol. The van der Waals surface area contributed by atoms with Gasteiger partial charge in [-0.15, -0.1) is 0 Å². The van der Waals surface area contributed by atoms with Gasteiger partial charge in [0.15, 0.2) is 5.75 Å². The van der Waals surface area contributed by atoms with Gasteiger partial charge >= 0.3 is 0 Å². The fourth-order valence-electron chi connectivity index (χ4n) is 3.30. The molecule has 1 aliphatic heterocycles. The van der Waals surface area contributed by atoms with Crippen molar-refractivity contribution in [3.8, 4) is 11.5 Å². The molecule has 0 saturated carbocycles. The minimum Gasteiger partial charge on any atom is -0.454 e. The third kappa shape index (κ3) is 3.56. The molecule has 0 spiro atoms. The lowest BCUT2D eigenvalue weighted by Gasteiger charge is -2.20. The summed E-state index contributed by atoms with van der Waals surface area (Å²) in [7, 11) is -3.78. The van der Waals surface area contributed by atoms with Gasteiger partial charge in [0, 0.05) is 12.2 Å². The summed E-state index contributed by atoms with van der Waals surface area (Å²) < 4.78 is 34.0. The summed E-state index contributed by atoms with van der Waals surface area (Å²) in [6, 6.07) is 18.7. The Morgan fingerprint density at radius 1 is 0.966 bits per heavy atom. The van der Waals surface area contributed by atoms with Crippen LogP contribution in [0.5, 0.6) is 11.5 Å². The molecule has 6 nitrogen and oxygen atoms in total. The summed E-state index contributed by atoms with van der Waals surface area (Å²) in [6.07, 6.45) is 0. The van der Waals surface area contributed by atoms with Crippen molar-refractivity contribution in [2.45, 2.75) is 18.7 Å². The molecule has 0 atom stereocenters. The molecule has 4 rings (SSSR count). The number of anilines is 2. The number of nitrogens with one attached hydrogen (secondary N) is 1. The van der Waals surface area contributed by atoms with Gasteiger partial charge in [-0.25, -0.2) is 8.42 Å². The molecule has 1 heterocycles. The second-order valence-corrected chi connectivity index (χ2v) is 8.43. The number of carbonyl (C=O) groups is 1. The summed E-state index contributed by atoms with van der Waals surface area (Å²) in [5, 5.41) is 0. The second-order valence-electron chi connectivity index (χ2n) is 6.75. The van der Waals surface area contributed by atoms with Crippen molar-refractivity contribution in [3.05, 3.63) is 77.9 Å². The molecule has 1 amide bonds. The molecule has 1 N–H and O–H groups in total. The number of nitrogens with zero attached hydrogens (tertiary/aromatic N) is 1. The molecule has 7 heteroatoms. The van der Waals surface area contributed by atoms with E-state index in [1.807, 2.05) is 38.1 Å². The van der Waals surface area contributed by atoms with Crippen molar-refractivity contribution < 1.29 is 17.9 Å². The summed E-state index contributed by atoms with van der Waals surface area (Å²) >= 11 is 0. The number of ether oxygens (including phenoxy) is 1. The van der Waals surface area contributed by atoms with Gasteiger partial charge in [-0.3, -0.25) is 9.52 Å². The van der Waals surface area contributed by atoms with E-state index in [4.69, 9.17) is 4.74 Å². The lowest BCUT2D eigenvalue weighted by atomic mass is 10.1. The molecule has 3 aromatic rings. The van der Waals surface area contributed by atoms with Crippen LogP contribution in [0.4, 0.5) is 11.4 Å². The van der Waals surface area contributed by atoms with Crippen LogP contribution in [0.15, 0.2) is 71.6 Å². The predicted octanol–water partition coefficient (Wildman–Crippen LogP) is 4.57. The first-order valence-corrected chi connectivity index (χ1v) is 10.7. The highest BCUT2D eigenvalue weighted by Gasteiger charge is 2.27. The molecule has 0 radical (unpaired) electrons. The molecule has 0 aliphatic carbocycles. The molecule has 1 aliphatic rings. The maximum atomic E-state index is 13.1. The molecule has 0 unspecified atom stereocenters. The van der Waals surface area contributed by atoms with Crippen LogP contribution >= 0.6 is 0 Å². The van der Waals surface area contributed by atoms with E-state index in [1.165, 1.54) is 12.1 Å². The maximum absolute atomic E-state index is 13.1. The number of hydrogen-bond donors (Lipinski definition) is 1. The van der Waals surface area contributed by atoms with Crippen LogP contribution in [0, 0.1) is 6.92 Å². The number of aryl methyl sites for hydroxylation is 1. The lowest BCUT2D eigenvalue weighted by Crippen LogP contribution is -2.29. The van der Waals surface area contributed by atoms with E-state index in [0.717, 1.165) is 5.56 Å². The number of para-hydroxylation sites is 2. The molecular formula is C22H20N2O4S. The minimum atomic E-state index is -3.78. The average Bonchev–Trinajstić information content (AvgIpc) is 2.81. The van der Waals surface area contributed by atoms with Gasteiger partial charge in [0.05, 0.1) is 16.1 Å². The molecule has 0 aromatic heterocycles. The largest absolute Gasteiger partial charge is 0.454 e. The fraction of sp³-hybridized carbons (Fsp3) is 0.136. The van der Waals surface area contributed by atoms with Crippen molar-refractivity contribution >= 4 is 27.3 Å². The zero-order valence-electron chi connectivity index (χ0n) is 16.0. The van der Waals surface area contributed by atoms with Crippen LogP contribution in [-0.2, 0) is 10.0 Å². The number of benzene rings is 3. The smallest absolute Gasteiger partial charge is 0.262 e. The summed E-state index contributed by atoms with van der Waals surface area (Å²) in [5.41, 5.74) is 2.12. The number of fused-ring (bicyclic) bond motifs is 2. The van der Waals surface area contributed by atoms with Gasteiger partial charge in [-0.1, -0.05) is 24.3 Å². The van der Waals surface area contributed by atoms with Gasteiger partial charge < -0.3 is 9.64 Å². The monoisotopic (exact) mass is 408 g/mol. The van der Waals surface area contributed by atoms with Crippen LogP contribution in [0.3, 0.4) is 0 Å². The Bertz CT molecular complexity index is 1200. The topological polar surface area (TPSA) is 75.7 Å². The van der Waals surface area contributed by atoms with Crippen LogP contribution in [0.25, 0.3) is 0 Å². The Kier molecular flexibility index (Phi) is 4.76. The molecule has 0 bridgehead atoms. The normalized spacial score (nSPS) is 13.2. The van der Waals surface area contributed by atoms with Crippen molar-refractivity contribution in [3.63, 3.8) is 0 Å². The Morgan fingerprint density at radius 3 is 2.52 bits per heavy atom. The first-order valence-electron chi connectivity index (χ1n) is 9.21. The summed E-state index contributed by atoms with van der Waals surface area (Å²) in [4.78, 5) is 14.9. The van der Waals surface area contributed by atoms with Gasteiger partial charge in [-0.05, 0) is 61.9 Å². The Labute approximate surface area is 169 Å². The Morgan fingerprint density at radius 2 is 1.76 bits per heavy atom. The molecule has 0 fully saturated rings. The van der Waals surface area contributed by atoms with Crippen LogP contribution in [0.2, 0.25) is 0 Å². The van der Waals surface area contributed by atoms with Crippen molar-refractivity contribution in [2.24, 2.45) is 0 Å². The first-order chi connectivity index (χ1) is 13.9. The van der Waals surface area contributed by atoms with Gasteiger partial charge in [0.1, 0.15) is 5.75 Å². The third-order valence-corrected chi connectivity index (χ3v) is 6.08. The fourth-order valence-corrected chi connectivity index (χ4v) is 4.45. The van der Waals surface area contributed by atoms with E-state index >= 15 is 0 Å². The zero-order valence-corrected chi connectivity index (χ0v) is 16.9. The van der Waals surface area contributed by atoms with E-state index in [2.05, 4.69) is 4.72 Å². The molecular weight excluding hydrogens is 388 g/mol. The lowest BCUT2D eigenvalue weighted by molar-refractivity contribution is 0.0988. The van der Waals surface area contributed by atoms with E-state index in [0.29, 0.717) is 35.0 Å². The first kappa shape index (κ1) is 19.0. The molecule has 29 heavy (non-hydrogen) atoms. The Balaban J connectivity index is 1.73. The number of amides is 1. The van der Waals surface area contributed by atoms with Crippen molar-refractivity contribution in [1.82, 2.24) is 0 Å². The highest BCUT2D eigenvalue weighted by atomic mass is 32.2. The Hall–Kier alpha value is -3.32. The molecule has 0 saturated heterocycles. The number of rotatable bonds is 4. The van der Waals surface area contributed by atoms with E-state index < -0.39 is 10.0 Å². The zero-order chi connectivity index (χ0) is 20.6. The third-order valence-electron chi connectivity index (χ3n) is 4.70. The highest BCUT2D eigenvalue weighted by Crippen LogP contribution is 2.39. The standard InChI is InChI=1S/C22H20N2O4S/c1-3-24-19-9-4-5-10-21(19)28-20-12-11-16(14-18(20)22(24)25)23-29(26,27)17-8-6-7-15(2)13-17/h4-14,23H,3H2,1-2H3. The summed E-state index contributed by atoms with van der Waals surface area (Å²) in [6.45, 7) is 4.16. The van der Waals surface area contributed by atoms with E-state index in [1.54, 1.807) is 35.2 Å². The highest BCUT2D eigenvalue weighted by molar-refractivity contribution is 7.92. The predicted molar refractivity (Wildman–Crippen MR) is 112 cm³/mol. The van der Waals surface area contributed by atoms with E-state index in [9.17, 15) is 13.2 Å². The van der Waals surface area contributed by atoms with Crippen LogP contribution < -0.4 is 14.4 Å². The molecule has 3 aromatic carbocycles. The summed E-state index contributed by atoms with van der Waals surface area (Å²) in [5.74, 6) is 0.718. The SMILES string of the molecule is CCN1C(=O)c2cc(NS(=O)(=O)c3cccc(C)c3)ccc2Oc2ccccc21. The van der Waals surface area contributed by atoms with Gasteiger partial charge in [0.2, 0.25) is 0 Å². The van der Waals surface area contributed by atoms with E-state index in [-0.39, 0.29) is 10.8 Å². The van der Waals surface area contributed by atoms with Crippen LogP contribution in [-0.4, -0.2) is 20.9 Å². The second kappa shape index (κ2) is 7.25. The quantitative estimate of drug-likeness (QED) is 0.686. The number of sulfonamides is 1. The van der Waals surface area contributed by atoms with Gasteiger partial charge in [0.25, 0.3) is 15.9 Å². The molecule has 148 valence electrons. The van der Waals surface area contributed by atoms with Gasteiger partial charge in [-0.2, -0.15) is 0 Å². The van der Waals surface area contributed by atoms with Crippen molar-refractivity contribution in [2.75, 3.05) is 16.2 Å². The number of hydrogen-bond acceptors (Lipinski definition) is 4. The minimum absolute atomic E-state index is 0.164. The number of carbonyl (C=O) groups excluding carboxylic acids is 1. The maximum Gasteiger partial charge on any atom is 0.262 e.